The summed E-state index contributed by atoms with van der Waals surface area (Å²) in [6.07, 6.45) is 2.08. The van der Waals surface area contributed by atoms with Gasteiger partial charge < -0.3 is 20.1 Å². The van der Waals surface area contributed by atoms with E-state index in [0.29, 0.717) is 11.8 Å². The van der Waals surface area contributed by atoms with Gasteiger partial charge in [-0.25, -0.2) is 4.79 Å². The van der Waals surface area contributed by atoms with Crippen LogP contribution in [-0.4, -0.2) is 43.0 Å². The molecule has 0 aromatic carbocycles. The lowest BCUT2D eigenvalue weighted by Gasteiger charge is -2.48. The molecule has 4 atom stereocenters. The third kappa shape index (κ3) is 4.33. The van der Waals surface area contributed by atoms with Crippen LogP contribution in [0.4, 0.5) is 4.79 Å². The van der Waals surface area contributed by atoms with Crippen LogP contribution in [0.2, 0.25) is 0 Å². The molecule has 0 aromatic rings. The fourth-order valence-corrected chi connectivity index (χ4v) is 3.13. The van der Waals surface area contributed by atoms with Crippen molar-refractivity contribution in [1.29, 1.82) is 0 Å². The molecule has 1 saturated carbocycles. The molecule has 1 amide bonds. The van der Waals surface area contributed by atoms with Gasteiger partial charge in [-0.3, -0.25) is 0 Å². The Bertz CT molecular complexity index is 365. The second-order valence-corrected chi connectivity index (χ2v) is 7.62. The van der Waals surface area contributed by atoms with E-state index < -0.39 is 5.60 Å². The maximum absolute atomic E-state index is 12.0. The summed E-state index contributed by atoms with van der Waals surface area (Å²) in [5.74, 6) is 1.10. The van der Waals surface area contributed by atoms with Gasteiger partial charge in [-0.1, -0.05) is 13.8 Å². The standard InChI is InChI=1S/C16H30N2O3/c1-10(2)6-8-17-13-12(11-7-9-20-14(11)13)18-15(19)21-16(3,4)5/h10-14,17H,6-9H2,1-5H3,(H,18,19). The van der Waals surface area contributed by atoms with E-state index in [1.54, 1.807) is 0 Å². The van der Waals surface area contributed by atoms with Crippen molar-refractivity contribution in [2.45, 2.75) is 71.2 Å². The van der Waals surface area contributed by atoms with Gasteiger partial charge in [-0.05, 0) is 46.1 Å². The molecule has 2 aliphatic rings. The fourth-order valence-electron chi connectivity index (χ4n) is 3.13. The molecule has 1 heterocycles. The Hall–Kier alpha value is -0.810. The summed E-state index contributed by atoms with van der Waals surface area (Å²) in [4.78, 5) is 12.0. The minimum Gasteiger partial charge on any atom is -0.444 e. The molecule has 5 nitrogen and oxygen atoms in total. The monoisotopic (exact) mass is 298 g/mol. The van der Waals surface area contributed by atoms with Crippen molar-refractivity contribution in [2.24, 2.45) is 11.8 Å². The van der Waals surface area contributed by atoms with Crippen LogP contribution in [0.25, 0.3) is 0 Å². The Kier molecular flexibility index (Phi) is 5.15. The minimum absolute atomic E-state index is 0.125. The van der Waals surface area contributed by atoms with Crippen molar-refractivity contribution in [3.63, 3.8) is 0 Å². The highest BCUT2D eigenvalue weighted by molar-refractivity contribution is 5.68. The third-order valence-corrected chi connectivity index (χ3v) is 4.17. The molecule has 2 N–H and O–H groups in total. The zero-order valence-corrected chi connectivity index (χ0v) is 13.9. The topological polar surface area (TPSA) is 59.6 Å². The van der Waals surface area contributed by atoms with Crippen molar-refractivity contribution < 1.29 is 14.3 Å². The molecule has 0 aromatic heterocycles. The molecular formula is C16H30N2O3. The van der Waals surface area contributed by atoms with Crippen LogP contribution >= 0.6 is 0 Å². The van der Waals surface area contributed by atoms with Crippen molar-refractivity contribution in [2.75, 3.05) is 13.2 Å². The molecule has 1 saturated heterocycles. The SMILES string of the molecule is CC(C)CCNC1C(NC(=O)OC(C)(C)C)C2CCOC21. The number of alkyl carbamates (subject to hydrolysis) is 1. The van der Waals surface area contributed by atoms with Crippen LogP contribution in [0.1, 0.15) is 47.5 Å². The lowest BCUT2D eigenvalue weighted by Crippen LogP contribution is -2.70. The maximum Gasteiger partial charge on any atom is 0.407 e. The van der Waals surface area contributed by atoms with Crippen LogP contribution < -0.4 is 10.6 Å². The molecule has 0 bridgehead atoms. The van der Waals surface area contributed by atoms with Gasteiger partial charge in [-0.15, -0.1) is 0 Å². The van der Waals surface area contributed by atoms with Crippen LogP contribution in [0.5, 0.6) is 0 Å². The highest BCUT2D eigenvalue weighted by Gasteiger charge is 2.54. The van der Waals surface area contributed by atoms with Gasteiger partial charge in [0.25, 0.3) is 0 Å². The number of carbonyl (C=O) groups is 1. The lowest BCUT2D eigenvalue weighted by atomic mass is 9.71. The second kappa shape index (κ2) is 6.53. The molecule has 1 aliphatic carbocycles. The highest BCUT2D eigenvalue weighted by atomic mass is 16.6. The first-order valence-electron chi connectivity index (χ1n) is 8.12. The smallest absolute Gasteiger partial charge is 0.407 e. The molecule has 122 valence electrons. The first-order chi connectivity index (χ1) is 9.78. The fraction of sp³-hybridized carbons (Fsp3) is 0.938. The van der Waals surface area contributed by atoms with Gasteiger partial charge in [0, 0.05) is 12.5 Å². The number of hydrogen-bond donors (Lipinski definition) is 2. The molecule has 0 spiro atoms. The molecule has 4 unspecified atom stereocenters. The van der Waals surface area contributed by atoms with Gasteiger partial charge in [0.1, 0.15) is 5.60 Å². The van der Waals surface area contributed by atoms with Crippen molar-refractivity contribution >= 4 is 6.09 Å². The van der Waals surface area contributed by atoms with Crippen LogP contribution in [0.3, 0.4) is 0 Å². The van der Waals surface area contributed by atoms with E-state index in [1.165, 1.54) is 0 Å². The quantitative estimate of drug-likeness (QED) is 0.817. The molecular weight excluding hydrogens is 268 g/mol. The number of hydrogen-bond acceptors (Lipinski definition) is 4. The van der Waals surface area contributed by atoms with E-state index >= 15 is 0 Å². The third-order valence-electron chi connectivity index (χ3n) is 4.17. The number of ether oxygens (including phenoxy) is 2. The molecule has 5 heteroatoms. The zero-order valence-electron chi connectivity index (χ0n) is 13.9. The van der Waals surface area contributed by atoms with Gasteiger partial charge in [0.2, 0.25) is 0 Å². The molecule has 0 radical (unpaired) electrons. The van der Waals surface area contributed by atoms with Crippen LogP contribution in [-0.2, 0) is 9.47 Å². The lowest BCUT2D eigenvalue weighted by molar-refractivity contribution is -0.0339. The molecule has 21 heavy (non-hydrogen) atoms. The minimum atomic E-state index is -0.458. The van der Waals surface area contributed by atoms with E-state index in [-0.39, 0.29) is 24.3 Å². The Morgan fingerprint density at radius 3 is 2.67 bits per heavy atom. The summed E-state index contributed by atoms with van der Waals surface area (Å²) >= 11 is 0. The van der Waals surface area contributed by atoms with Crippen molar-refractivity contribution in [3.05, 3.63) is 0 Å². The highest BCUT2D eigenvalue weighted by Crippen LogP contribution is 2.39. The first kappa shape index (κ1) is 16.6. The van der Waals surface area contributed by atoms with E-state index in [4.69, 9.17) is 9.47 Å². The van der Waals surface area contributed by atoms with Gasteiger partial charge >= 0.3 is 6.09 Å². The van der Waals surface area contributed by atoms with Crippen LogP contribution in [0.15, 0.2) is 0 Å². The largest absolute Gasteiger partial charge is 0.444 e. The van der Waals surface area contributed by atoms with Gasteiger partial charge in [0.05, 0.1) is 18.2 Å². The molecule has 1 aliphatic heterocycles. The van der Waals surface area contributed by atoms with Crippen LogP contribution in [0, 0.1) is 11.8 Å². The number of fused-ring (bicyclic) bond motifs is 1. The first-order valence-corrected chi connectivity index (χ1v) is 8.12. The Labute approximate surface area is 128 Å². The summed E-state index contributed by atoms with van der Waals surface area (Å²) in [5, 5.41) is 6.57. The van der Waals surface area contributed by atoms with E-state index in [1.807, 2.05) is 20.8 Å². The number of nitrogens with one attached hydrogen (secondary N) is 2. The Morgan fingerprint density at radius 1 is 1.33 bits per heavy atom. The van der Waals surface area contributed by atoms with Gasteiger partial charge in [0.15, 0.2) is 0 Å². The summed E-state index contributed by atoms with van der Waals surface area (Å²) < 4.78 is 11.1. The normalized spacial score (nSPS) is 31.7. The predicted molar refractivity (Wildman–Crippen MR) is 82.3 cm³/mol. The molecule has 2 rings (SSSR count). The molecule has 2 fully saturated rings. The second-order valence-electron chi connectivity index (χ2n) is 7.62. The maximum atomic E-state index is 12.0. The Balaban J connectivity index is 1.85. The zero-order chi connectivity index (χ0) is 15.6. The number of amides is 1. The Morgan fingerprint density at radius 2 is 2.05 bits per heavy atom. The summed E-state index contributed by atoms with van der Waals surface area (Å²) in [6, 6.07) is 0.336. The number of rotatable bonds is 5. The number of carbonyl (C=O) groups excluding carboxylic acids is 1. The summed E-state index contributed by atoms with van der Waals surface area (Å²) in [7, 11) is 0. The van der Waals surface area contributed by atoms with Gasteiger partial charge in [-0.2, -0.15) is 0 Å². The average Bonchev–Trinajstić information content (AvgIpc) is 2.73. The van der Waals surface area contributed by atoms with Crippen molar-refractivity contribution in [1.82, 2.24) is 10.6 Å². The van der Waals surface area contributed by atoms with E-state index in [0.717, 1.165) is 26.0 Å². The summed E-state index contributed by atoms with van der Waals surface area (Å²) in [6.45, 7) is 11.8. The average molecular weight is 298 g/mol. The van der Waals surface area contributed by atoms with Crippen molar-refractivity contribution in [3.8, 4) is 0 Å². The van der Waals surface area contributed by atoms with E-state index in [2.05, 4.69) is 24.5 Å². The van der Waals surface area contributed by atoms with E-state index in [9.17, 15) is 4.79 Å². The predicted octanol–water partition coefficient (Wildman–Crippen LogP) is 2.30. The summed E-state index contributed by atoms with van der Waals surface area (Å²) in [5.41, 5.74) is -0.458.